The van der Waals surface area contributed by atoms with Gasteiger partial charge in [0.15, 0.2) is 10.3 Å². The number of aromatic nitrogens is 4. The Morgan fingerprint density at radius 1 is 1.31 bits per heavy atom. The number of thiocarbonyl (C=S) groups is 1. The smallest absolute Gasteiger partial charge is 0.391 e. The number of anilines is 1. The van der Waals surface area contributed by atoms with E-state index in [0.717, 1.165) is 23.7 Å². The number of H-pyrrole nitrogens is 1. The molecule has 3 N–H and O–H groups in total. The molecule has 1 saturated heterocycles. The van der Waals surface area contributed by atoms with Crippen molar-refractivity contribution in [2.75, 3.05) is 18.4 Å². The van der Waals surface area contributed by atoms with Crippen molar-refractivity contribution in [3.05, 3.63) is 24.7 Å². The van der Waals surface area contributed by atoms with Crippen molar-refractivity contribution < 1.29 is 9.53 Å². The van der Waals surface area contributed by atoms with Crippen LogP contribution in [0.2, 0.25) is 0 Å². The topological polar surface area (TPSA) is 108 Å². The molecule has 2 aromatic heterocycles. The van der Waals surface area contributed by atoms with E-state index in [4.69, 9.17) is 17.0 Å². The van der Waals surface area contributed by atoms with Crippen LogP contribution in [0.15, 0.2) is 29.8 Å². The van der Waals surface area contributed by atoms with Crippen molar-refractivity contribution in [1.82, 2.24) is 30.4 Å². The number of likely N-dealkylation sites (tertiary alicyclic amines) is 1. The summed E-state index contributed by atoms with van der Waals surface area (Å²) in [6.45, 7) is 7.35. The zero-order chi connectivity index (χ0) is 20.9. The average molecular weight is 436 g/mol. The fourth-order valence-corrected chi connectivity index (χ4v) is 4.14. The first-order valence-electron chi connectivity index (χ1n) is 9.32. The van der Waals surface area contributed by atoms with Gasteiger partial charge in [-0.3, -0.25) is 5.10 Å². The zero-order valence-electron chi connectivity index (χ0n) is 16.6. The van der Waals surface area contributed by atoms with Crippen molar-refractivity contribution in [3.8, 4) is 5.88 Å². The van der Waals surface area contributed by atoms with Crippen molar-refractivity contribution >= 4 is 40.9 Å². The van der Waals surface area contributed by atoms with Gasteiger partial charge >= 0.3 is 6.09 Å². The number of carbonyl (C=O) groups excluding carboxylic acids is 1. The van der Waals surface area contributed by atoms with Gasteiger partial charge in [-0.25, -0.2) is 14.8 Å². The molecule has 9 nitrogen and oxygen atoms in total. The monoisotopic (exact) mass is 435 g/mol. The number of pyridine rings is 1. The van der Waals surface area contributed by atoms with Gasteiger partial charge in [0, 0.05) is 29.9 Å². The summed E-state index contributed by atoms with van der Waals surface area (Å²) in [6.07, 6.45) is 4.44. The Kier molecular flexibility index (Phi) is 6.91. The van der Waals surface area contributed by atoms with Crippen molar-refractivity contribution in [2.45, 2.75) is 49.6 Å². The van der Waals surface area contributed by atoms with Gasteiger partial charge in [-0.1, -0.05) is 11.8 Å². The Morgan fingerprint density at radius 2 is 2.07 bits per heavy atom. The molecule has 1 amide bonds. The molecule has 29 heavy (non-hydrogen) atoms. The number of nitrogens with one attached hydrogen (secondary N) is 3. The van der Waals surface area contributed by atoms with Crippen LogP contribution in [-0.2, 0) is 0 Å². The molecular formula is C18H25N7O2S2. The lowest BCUT2D eigenvalue weighted by Gasteiger charge is -2.30. The molecule has 2 aromatic rings. The molecule has 1 aliphatic rings. The minimum Gasteiger partial charge on any atom is -0.391 e. The van der Waals surface area contributed by atoms with Crippen molar-refractivity contribution in [1.29, 1.82) is 0 Å². The molecule has 0 spiro atoms. The fraction of sp³-hybridized carbons (Fsp3) is 0.500. The van der Waals surface area contributed by atoms with Crippen LogP contribution in [0.1, 0.15) is 33.6 Å². The van der Waals surface area contributed by atoms with Crippen LogP contribution < -0.4 is 15.4 Å². The van der Waals surface area contributed by atoms with E-state index in [2.05, 4.69) is 30.8 Å². The number of hydrogen-bond acceptors (Lipinski definition) is 7. The molecule has 0 atom stereocenters. The number of nitrogens with zero attached hydrogens (tertiary/aromatic N) is 4. The lowest BCUT2D eigenvalue weighted by atomic mass is 10.1. The Balaban J connectivity index is 1.44. The van der Waals surface area contributed by atoms with Gasteiger partial charge < -0.3 is 20.3 Å². The highest BCUT2D eigenvalue weighted by atomic mass is 32.2. The number of rotatable bonds is 4. The highest BCUT2D eigenvalue weighted by molar-refractivity contribution is 7.99. The molecule has 3 heterocycles. The third-order valence-electron chi connectivity index (χ3n) is 4.05. The lowest BCUT2D eigenvalue weighted by molar-refractivity contribution is 0.142. The molecule has 1 aliphatic heterocycles. The van der Waals surface area contributed by atoms with Gasteiger partial charge in [-0.15, -0.1) is 0 Å². The molecule has 156 valence electrons. The van der Waals surface area contributed by atoms with E-state index in [1.54, 1.807) is 35.0 Å². The predicted molar refractivity (Wildman–Crippen MR) is 116 cm³/mol. The van der Waals surface area contributed by atoms with Crippen LogP contribution in [0, 0.1) is 0 Å². The summed E-state index contributed by atoms with van der Waals surface area (Å²) in [5.74, 6) is 0.258. The molecule has 3 rings (SSSR count). The normalized spacial score (nSPS) is 15.1. The summed E-state index contributed by atoms with van der Waals surface area (Å²) in [7, 11) is 0. The number of hydrogen-bond donors (Lipinski definition) is 3. The minimum absolute atomic E-state index is 0.131. The van der Waals surface area contributed by atoms with Gasteiger partial charge in [0.1, 0.15) is 6.33 Å². The summed E-state index contributed by atoms with van der Waals surface area (Å²) >= 11 is 6.92. The minimum atomic E-state index is -0.383. The second-order valence-corrected chi connectivity index (χ2v) is 9.37. The molecular weight excluding hydrogens is 410 g/mol. The maximum absolute atomic E-state index is 12.4. The average Bonchev–Trinajstić information content (AvgIpc) is 3.15. The first-order chi connectivity index (χ1) is 13.8. The maximum Gasteiger partial charge on any atom is 0.416 e. The summed E-state index contributed by atoms with van der Waals surface area (Å²) in [4.78, 5) is 22.4. The fourth-order valence-electron chi connectivity index (χ4n) is 2.74. The summed E-state index contributed by atoms with van der Waals surface area (Å²) in [5, 5.41) is 14.6. The zero-order valence-corrected chi connectivity index (χ0v) is 18.3. The van der Waals surface area contributed by atoms with Crippen LogP contribution >= 0.6 is 24.0 Å². The first kappa shape index (κ1) is 21.3. The Morgan fingerprint density at radius 3 is 2.66 bits per heavy atom. The second-order valence-electron chi connectivity index (χ2n) is 7.68. The standard InChI is InChI=1S/C18H25N7O2S2/c1-18(2,3)23-15(28)22-12-4-5-14(19-10-12)27-17(26)25-8-6-13(7-9-25)29-16-20-11-21-24-16/h4-5,10-11,13H,6-9H2,1-3H3,(H,20,21,24)(H2,22,23,28). The molecule has 0 radical (unpaired) electrons. The largest absolute Gasteiger partial charge is 0.416 e. The number of carbonyl (C=O) groups is 1. The van der Waals surface area contributed by atoms with Gasteiger partial charge in [-0.05, 0) is 51.9 Å². The number of ether oxygens (including phenoxy) is 1. The molecule has 1 fully saturated rings. The van der Waals surface area contributed by atoms with Gasteiger partial charge in [0.25, 0.3) is 0 Å². The molecule has 0 aromatic carbocycles. The quantitative estimate of drug-likeness (QED) is 0.624. The molecule has 0 saturated carbocycles. The van der Waals surface area contributed by atoms with Crippen LogP contribution in [0.25, 0.3) is 0 Å². The van der Waals surface area contributed by atoms with Crippen molar-refractivity contribution in [3.63, 3.8) is 0 Å². The summed E-state index contributed by atoms with van der Waals surface area (Å²) in [5.41, 5.74) is 0.588. The molecule has 0 bridgehead atoms. The number of thioether (sulfide) groups is 1. The van der Waals surface area contributed by atoms with Crippen molar-refractivity contribution in [2.24, 2.45) is 0 Å². The van der Waals surface area contributed by atoms with E-state index in [9.17, 15) is 4.79 Å². The lowest BCUT2D eigenvalue weighted by Crippen LogP contribution is -2.42. The SMILES string of the molecule is CC(C)(C)NC(=S)Nc1ccc(OC(=O)N2CCC(Sc3ncn[nH]3)CC2)nc1. The maximum atomic E-state index is 12.4. The van der Waals surface area contributed by atoms with Crippen LogP contribution in [-0.4, -0.2) is 60.1 Å². The summed E-state index contributed by atoms with van der Waals surface area (Å²) < 4.78 is 5.40. The van der Waals surface area contributed by atoms with Crippen LogP contribution in [0.5, 0.6) is 5.88 Å². The highest BCUT2D eigenvalue weighted by Crippen LogP contribution is 2.28. The van der Waals surface area contributed by atoms with Crippen LogP contribution in [0.4, 0.5) is 10.5 Å². The molecule has 0 aliphatic carbocycles. The number of piperidine rings is 1. The Bertz CT molecular complexity index is 814. The molecule has 0 unspecified atom stereocenters. The van der Waals surface area contributed by atoms with Gasteiger partial charge in [-0.2, -0.15) is 5.10 Å². The summed E-state index contributed by atoms with van der Waals surface area (Å²) in [6, 6.07) is 3.42. The molecule has 11 heteroatoms. The van der Waals surface area contributed by atoms with E-state index in [-0.39, 0.29) is 17.5 Å². The van der Waals surface area contributed by atoms with Gasteiger partial charge in [0.2, 0.25) is 5.88 Å². The van der Waals surface area contributed by atoms with Gasteiger partial charge in [0.05, 0.1) is 11.9 Å². The second kappa shape index (κ2) is 9.40. The predicted octanol–water partition coefficient (Wildman–Crippen LogP) is 3.04. The van der Waals surface area contributed by atoms with E-state index in [0.29, 0.717) is 23.5 Å². The van der Waals surface area contributed by atoms with Crippen LogP contribution in [0.3, 0.4) is 0 Å². The van der Waals surface area contributed by atoms with E-state index in [1.165, 1.54) is 6.33 Å². The third-order valence-corrected chi connectivity index (χ3v) is 5.47. The Hall–Kier alpha value is -2.40. The van der Waals surface area contributed by atoms with E-state index >= 15 is 0 Å². The third kappa shape index (κ3) is 6.86. The van der Waals surface area contributed by atoms with E-state index < -0.39 is 0 Å². The number of amides is 1. The Labute approximate surface area is 179 Å². The number of aromatic amines is 1. The first-order valence-corrected chi connectivity index (χ1v) is 10.6. The highest BCUT2D eigenvalue weighted by Gasteiger charge is 2.25. The van der Waals surface area contributed by atoms with E-state index in [1.807, 2.05) is 20.8 Å².